The molecule has 37 heavy (non-hydrogen) atoms. The summed E-state index contributed by atoms with van der Waals surface area (Å²) >= 11 is 0. The molecule has 1 heterocycles. The Bertz CT molecular complexity index is 1300. The number of nitrogens with zero attached hydrogens (tertiary/aromatic N) is 2. The number of benzene rings is 3. The highest BCUT2D eigenvalue weighted by atomic mass is 16.5. The molecule has 0 aliphatic carbocycles. The Morgan fingerprint density at radius 2 is 1.70 bits per heavy atom. The van der Waals surface area contributed by atoms with Gasteiger partial charge in [0.15, 0.2) is 0 Å². The van der Waals surface area contributed by atoms with Crippen LogP contribution >= 0.6 is 0 Å². The average molecular weight is 501 g/mol. The van der Waals surface area contributed by atoms with Crippen LogP contribution in [0.3, 0.4) is 0 Å². The lowest BCUT2D eigenvalue weighted by atomic mass is 9.94. The van der Waals surface area contributed by atoms with Gasteiger partial charge in [0.05, 0.1) is 18.7 Å². The third-order valence-corrected chi connectivity index (χ3v) is 6.44. The van der Waals surface area contributed by atoms with Gasteiger partial charge in [-0.3, -0.25) is 9.59 Å². The lowest BCUT2D eigenvalue weighted by molar-refractivity contribution is -0.140. The summed E-state index contributed by atoms with van der Waals surface area (Å²) < 4.78 is 11.2. The molecule has 1 amide bonds. The Kier molecular flexibility index (Phi) is 7.94. The van der Waals surface area contributed by atoms with E-state index in [9.17, 15) is 14.7 Å². The lowest BCUT2D eigenvalue weighted by Crippen LogP contribution is -2.35. The zero-order valence-electron chi connectivity index (χ0n) is 21.6. The summed E-state index contributed by atoms with van der Waals surface area (Å²) in [6, 6.07) is 21.6. The number of hydrogen-bond acceptors (Lipinski definition) is 6. The molecule has 4 rings (SSSR count). The number of aliphatic hydroxyl groups excluding tert-OH is 1. The first kappa shape index (κ1) is 26.0. The summed E-state index contributed by atoms with van der Waals surface area (Å²) in [5, 5.41) is 11.3. The van der Waals surface area contributed by atoms with Crippen LogP contribution in [-0.4, -0.2) is 60.9 Å². The summed E-state index contributed by atoms with van der Waals surface area (Å²) in [5.74, 6) is -0.178. The molecule has 0 radical (unpaired) electrons. The van der Waals surface area contributed by atoms with Crippen LogP contribution in [0, 0.1) is 6.92 Å². The first-order valence-electron chi connectivity index (χ1n) is 12.1. The van der Waals surface area contributed by atoms with Crippen LogP contribution < -0.4 is 9.47 Å². The largest absolute Gasteiger partial charge is 0.507 e. The van der Waals surface area contributed by atoms with Crippen molar-refractivity contribution in [1.29, 1.82) is 0 Å². The summed E-state index contributed by atoms with van der Waals surface area (Å²) in [6.07, 6.45) is 0. The zero-order chi connectivity index (χ0) is 26.5. The molecule has 3 aromatic carbocycles. The second-order valence-electron chi connectivity index (χ2n) is 9.32. The van der Waals surface area contributed by atoms with Crippen LogP contribution in [0.5, 0.6) is 11.5 Å². The molecule has 1 saturated heterocycles. The van der Waals surface area contributed by atoms with Crippen molar-refractivity contribution in [2.45, 2.75) is 19.6 Å². The molecule has 1 atom stereocenters. The van der Waals surface area contributed by atoms with Crippen molar-refractivity contribution >= 4 is 17.4 Å². The summed E-state index contributed by atoms with van der Waals surface area (Å²) in [6.45, 7) is 3.20. The lowest BCUT2D eigenvalue weighted by Gasteiger charge is -2.26. The SMILES string of the molecule is COc1ccc(/C(O)=C2/C(=O)C(=O)N(CCN(C)C)C2c2ccc(OCc3ccccc3)cc2)cc1C. The van der Waals surface area contributed by atoms with Crippen molar-refractivity contribution in [3.63, 3.8) is 0 Å². The minimum absolute atomic E-state index is 0.0753. The topological polar surface area (TPSA) is 79.3 Å². The van der Waals surface area contributed by atoms with Crippen molar-refractivity contribution in [3.8, 4) is 11.5 Å². The Labute approximate surface area is 217 Å². The zero-order valence-corrected chi connectivity index (χ0v) is 21.6. The van der Waals surface area contributed by atoms with Gasteiger partial charge >= 0.3 is 0 Å². The predicted octanol–water partition coefficient (Wildman–Crippen LogP) is 4.57. The first-order valence-corrected chi connectivity index (χ1v) is 12.1. The Morgan fingerprint density at radius 3 is 2.32 bits per heavy atom. The molecule has 0 bridgehead atoms. The number of hydrogen-bond donors (Lipinski definition) is 1. The number of carbonyl (C=O) groups is 2. The highest BCUT2D eigenvalue weighted by Crippen LogP contribution is 2.40. The van der Waals surface area contributed by atoms with Gasteiger partial charge in [-0.1, -0.05) is 42.5 Å². The van der Waals surface area contributed by atoms with E-state index in [1.165, 1.54) is 4.90 Å². The van der Waals surface area contributed by atoms with E-state index in [-0.39, 0.29) is 11.3 Å². The van der Waals surface area contributed by atoms with Gasteiger partial charge in [0.25, 0.3) is 11.7 Å². The Balaban J connectivity index is 1.70. The number of likely N-dealkylation sites (tertiary alicyclic amines) is 1. The van der Waals surface area contributed by atoms with Gasteiger partial charge in [0.1, 0.15) is 23.9 Å². The van der Waals surface area contributed by atoms with Gasteiger partial charge in [0.2, 0.25) is 0 Å². The molecule has 3 aromatic rings. The number of aryl methyl sites for hydroxylation is 1. The van der Waals surface area contributed by atoms with E-state index in [0.29, 0.717) is 36.8 Å². The van der Waals surface area contributed by atoms with Gasteiger partial charge < -0.3 is 24.4 Å². The van der Waals surface area contributed by atoms with E-state index in [1.54, 1.807) is 25.3 Å². The van der Waals surface area contributed by atoms with Gasteiger partial charge in [-0.05, 0) is 68.0 Å². The molecule has 7 heteroatoms. The smallest absolute Gasteiger partial charge is 0.295 e. The summed E-state index contributed by atoms with van der Waals surface area (Å²) in [4.78, 5) is 29.8. The number of rotatable bonds is 9. The maximum absolute atomic E-state index is 13.2. The second kappa shape index (κ2) is 11.3. The molecular formula is C30H32N2O5. The molecule has 1 N–H and O–H groups in total. The van der Waals surface area contributed by atoms with Crippen molar-refractivity contribution in [2.24, 2.45) is 0 Å². The van der Waals surface area contributed by atoms with Crippen LogP contribution in [0.1, 0.15) is 28.3 Å². The van der Waals surface area contributed by atoms with Gasteiger partial charge in [0, 0.05) is 18.7 Å². The molecule has 0 spiro atoms. The minimum Gasteiger partial charge on any atom is -0.507 e. The van der Waals surface area contributed by atoms with Crippen molar-refractivity contribution in [2.75, 3.05) is 34.3 Å². The maximum Gasteiger partial charge on any atom is 0.295 e. The fraction of sp³-hybridized carbons (Fsp3) is 0.267. The van der Waals surface area contributed by atoms with E-state index in [0.717, 1.165) is 16.7 Å². The molecule has 192 valence electrons. The average Bonchev–Trinajstić information content (AvgIpc) is 3.16. The maximum atomic E-state index is 13.2. The van der Waals surface area contributed by atoms with Crippen LogP contribution in [0.2, 0.25) is 0 Å². The molecule has 1 aliphatic rings. The van der Waals surface area contributed by atoms with Crippen LogP contribution in [0.25, 0.3) is 5.76 Å². The highest BCUT2D eigenvalue weighted by molar-refractivity contribution is 6.46. The van der Waals surface area contributed by atoms with E-state index >= 15 is 0 Å². The third kappa shape index (κ3) is 5.67. The number of likely N-dealkylation sites (N-methyl/N-ethyl adjacent to an activating group) is 1. The van der Waals surface area contributed by atoms with Crippen LogP contribution in [0.15, 0.2) is 78.4 Å². The van der Waals surface area contributed by atoms with Crippen molar-refractivity contribution in [1.82, 2.24) is 9.80 Å². The van der Waals surface area contributed by atoms with E-state index in [2.05, 4.69) is 0 Å². The fourth-order valence-corrected chi connectivity index (χ4v) is 4.43. The third-order valence-electron chi connectivity index (χ3n) is 6.44. The normalized spacial score (nSPS) is 16.9. The number of amides is 1. The molecule has 1 fully saturated rings. The fourth-order valence-electron chi connectivity index (χ4n) is 4.43. The number of methoxy groups -OCH3 is 1. The Hall–Kier alpha value is -4.10. The van der Waals surface area contributed by atoms with Crippen LogP contribution in [0.4, 0.5) is 0 Å². The highest BCUT2D eigenvalue weighted by Gasteiger charge is 2.45. The van der Waals surface area contributed by atoms with Crippen molar-refractivity contribution < 1.29 is 24.2 Å². The number of carbonyl (C=O) groups excluding carboxylic acids is 2. The molecule has 0 saturated carbocycles. The van der Waals surface area contributed by atoms with E-state index in [1.807, 2.05) is 80.5 Å². The Morgan fingerprint density at radius 1 is 1.00 bits per heavy atom. The number of ketones is 1. The molecule has 7 nitrogen and oxygen atoms in total. The number of ether oxygens (including phenoxy) is 2. The standard InChI is InChI=1S/C30H32N2O5/c1-20-18-23(12-15-25(20)36-4)28(33)26-27(32(17-16-31(2)3)30(35)29(26)34)22-10-13-24(14-11-22)37-19-21-8-6-5-7-9-21/h5-15,18,27,33H,16-17,19H2,1-4H3/b28-26-. The monoisotopic (exact) mass is 500 g/mol. The van der Waals surface area contributed by atoms with Gasteiger partial charge in [-0.2, -0.15) is 0 Å². The summed E-state index contributed by atoms with van der Waals surface area (Å²) in [5.41, 5.74) is 3.11. The first-order chi connectivity index (χ1) is 17.8. The molecule has 1 aliphatic heterocycles. The van der Waals surface area contributed by atoms with Gasteiger partial charge in [-0.15, -0.1) is 0 Å². The molecule has 1 unspecified atom stereocenters. The molecular weight excluding hydrogens is 468 g/mol. The van der Waals surface area contributed by atoms with E-state index in [4.69, 9.17) is 9.47 Å². The minimum atomic E-state index is -0.717. The second-order valence-corrected chi connectivity index (χ2v) is 9.32. The van der Waals surface area contributed by atoms with E-state index < -0.39 is 17.7 Å². The van der Waals surface area contributed by atoms with Gasteiger partial charge in [-0.25, -0.2) is 0 Å². The number of aliphatic hydroxyl groups is 1. The van der Waals surface area contributed by atoms with Crippen molar-refractivity contribution in [3.05, 3.63) is 101 Å². The van der Waals surface area contributed by atoms with Crippen LogP contribution in [-0.2, 0) is 16.2 Å². The summed E-state index contributed by atoms with van der Waals surface area (Å²) in [7, 11) is 5.39. The number of Topliss-reactive ketones (excluding diaryl/α,β-unsaturated/α-hetero) is 1. The predicted molar refractivity (Wildman–Crippen MR) is 143 cm³/mol. The molecule has 0 aromatic heterocycles. The quantitative estimate of drug-likeness (QED) is 0.264.